The Kier molecular flexibility index (Phi) is 4.44. The third-order valence-corrected chi connectivity index (χ3v) is 3.32. The molecule has 0 fully saturated rings. The summed E-state index contributed by atoms with van der Waals surface area (Å²) in [4.78, 5) is 16.2. The number of esters is 1. The van der Waals surface area contributed by atoms with E-state index in [4.69, 9.17) is 17.0 Å². The summed E-state index contributed by atoms with van der Waals surface area (Å²) in [7, 11) is 0. The largest absolute Gasteiger partial charge is 0.465 e. The van der Waals surface area contributed by atoms with E-state index in [1.807, 2.05) is 0 Å². The molecule has 1 aromatic carbocycles. The molecule has 1 aliphatic rings. The van der Waals surface area contributed by atoms with Gasteiger partial charge in [0.05, 0.1) is 12.6 Å². The fourth-order valence-electron chi connectivity index (χ4n) is 2.20. The first kappa shape index (κ1) is 14.6. The van der Waals surface area contributed by atoms with E-state index in [1.165, 1.54) is 12.1 Å². The molecule has 2 atom stereocenters. The Hall–Kier alpha value is -1.82. The number of carbonyl (C=O) groups is 1. The summed E-state index contributed by atoms with van der Waals surface area (Å²) in [5, 5.41) is 3.31. The number of thiocarbonyl (C=S) groups is 1. The number of rotatable bonds is 3. The van der Waals surface area contributed by atoms with Crippen LogP contribution in [0.25, 0.3) is 0 Å². The predicted molar refractivity (Wildman–Crippen MR) is 78.1 cm³/mol. The molecule has 0 spiro atoms. The second-order valence-electron chi connectivity index (χ2n) is 4.46. The zero-order chi connectivity index (χ0) is 14.7. The van der Waals surface area contributed by atoms with Crippen molar-refractivity contribution in [2.75, 3.05) is 6.61 Å². The lowest BCUT2D eigenvalue weighted by atomic mass is 9.88. The molecule has 6 heteroatoms. The third kappa shape index (κ3) is 3.01. The molecule has 0 amide bonds. The van der Waals surface area contributed by atoms with Gasteiger partial charge < -0.3 is 10.1 Å². The van der Waals surface area contributed by atoms with Gasteiger partial charge in [0.2, 0.25) is 0 Å². The van der Waals surface area contributed by atoms with E-state index < -0.39 is 5.92 Å². The van der Waals surface area contributed by atoms with E-state index in [9.17, 15) is 9.18 Å². The van der Waals surface area contributed by atoms with Crippen molar-refractivity contribution in [3.05, 3.63) is 35.6 Å². The van der Waals surface area contributed by atoms with Crippen molar-refractivity contribution in [1.29, 1.82) is 0 Å². The summed E-state index contributed by atoms with van der Waals surface area (Å²) in [5.74, 6) is -1.25. The average molecular weight is 294 g/mol. The summed E-state index contributed by atoms with van der Waals surface area (Å²) >= 11 is 5.06. The highest BCUT2D eigenvalue weighted by Crippen LogP contribution is 2.28. The van der Waals surface area contributed by atoms with Gasteiger partial charge in [-0.1, -0.05) is 12.1 Å². The van der Waals surface area contributed by atoms with E-state index >= 15 is 0 Å². The summed E-state index contributed by atoms with van der Waals surface area (Å²) in [6.07, 6.45) is 0. The van der Waals surface area contributed by atoms with Crippen LogP contribution in [0.5, 0.6) is 0 Å². The lowest BCUT2D eigenvalue weighted by molar-refractivity contribution is -0.146. The zero-order valence-corrected chi connectivity index (χ0v) is 12.0. The van der Waals surface area contributed by atoms with Crippen LogP contribution in [-0.2, 0) is 9.53 Å². The average Bonchev–Trinajstić information content (AvgIpc) is 2.38. The molecular weight excluding hydrogens is 279 g/mol. The van der Waals surface area contributed by atoms with E-state index in [1.54, 1.807) is 26.0 Å². The van der Waals surface area contributed by atoms with Crippen LogP contribution in [0.3, 0.4) is 0 Å². The molecule has 2 rings (SSSR count). The van der Waals surface area contributed by atoms with Crippen molar-refractivity contribution in [2.45, 2.75) is 19.9 Å². The monoisotopic (exact) mass is 294 g/mol. The van der Waals surface area contributed by atoms with E-state index in [-0.39, 0.29) is 17.8 Å². The second kappa shape index (κ2) is 6.09. The molecule has 0 aliphatic carbocycles. The van der Waals surface area contributed by atoms with E-state index in [0.29, 0.717) is 17.4 Å². The molecule has 0 saturated carbocycles. The van der Waals surface area contributed by atoms with Crippen LogP contribution in [0.1, 0.15) is 25.5 Å². The zero-order valence-electron chi connectivity index (χ0n) is 11.2. The Labute approximate surface area is 122 Å². The number of halogens is 1. The van der Waals surface area contributed by atoms with E-state index in [0.717, 1.165) is 5.56 Å². The number of ether oxygens (including phenoxy) is 1. The highest BCUT2D eigenvalue weighted by molar-refractivity contribution is 7.80. The normalized spacial score (nSPS) is 21.9. The first-order valence-corrected chi connectivity index (χ1v) is 6.71. The number of hydrogen-bond acceptors (Lipinski definition) is 3. The van der Waals surface area contributed by atoms with Crippen molar-refractivity contribution in [2.24, 2.45) is 10.9 Å². The third-order valence-electron chi connectivity index (χ3n) is 3.11. The molecule has 106 valence electrons. The molecule has 1 heterocycles. The number of carbonyl (C=O) groups excluding carboxylic acids is 1. The standard InChI is InChI=1S/C14H15FN2O2S/c1-3-19-13(18)11-8(2)16-14(20)17-12(11)9-4-6-10(15)7-5-9/h4-7,11-12H,3H2,1-2H3,(H,17,20). The van der Waals surface area contributed by atoms with Crippen LogP contribution >= 0.6 is 12.2 Å². The molecule has 1 aromatic rings. The fraction of sp³-hybridized carbons (Fsp3) is 0.357. The topological polar surface area (TPSA) is 50.7 Å². The van der Waals surface area contributed by atoms with Gasteiger partial charge >= 0.3 is 5.97 Å². The lowest BCUT2D eigenvalue weighted by Gasteiger charge is -2.30. The van der Waals surface area contributed by atoms with Gasteiger partial charge in [-0.15, -0.1) is 0 Å². The highest BCUT2D eigenvalue weighted by atomic mass is 32.1. The van der Waals surface area contributed by atoms with Gasteiger partial charge in [0.1, 0.15) is 11.7 Å². The van der Waals surface area contributed by atoms with Gasteiger partial charge in [0.25, 0.3) is 0 Å². The molecule has 0 aromatic heterocycles. The summed E-state index contributed by atoms with van der Waals surface area (Å²) < 4.78 is 18.1. The molecule has 20 heavy (non-hydrogen) atoms. The fourth-order valence-corrected chi connectivity index (χ4v) is 2.48. The SMILES string of the molecule is CCOC(=O)C1C(C)=NC(=S)NC1c1ccc(F)cc1. The first-order valence-electron chi connectivity index (χ1n) is 6.30. The van der Waals surface area contributed by atoms with Crippen molar-refractivity contribution in [3.63, 3.8) is 0 Å². The van der Waals surface area contributed by atoms with Crippen LogP contribution in [0.2, 0.25) is 0 Å². The molecule has 0 radical (unpaired) electrons. The van der Waals surface area contributed by atoms with Gasteiger partial charge in [-0.2, -0.15) is 0 Å². The van der Waals surface area contributed by atoms with Crippen molar-refractivity contribution in [3.8, 4) is 0 Å². The Balaban J connectivity index is 2.37. The Morgan fingerprint density at radius 1 is 1.45 bits per heavy atom. The number of nitrogens with zero attached hydrogens (tertiary/aromatic N) is 1. The maximum Gasteiger partial charge on any atom is 0.317 e. The Morgan fingerprint density at radius 3 is 2.70 bits per heavy atom. The van der Waals surface area contributed by atoms with Gasteiger partial charge in [-0.05, 0) is 43.8 Å². The smallest absolute Gasteiger partial charge is 0.317 e. The van der Waals surface area contributed by atoms with Crippen LogP contribution < -0.4 is 5.32 Å². The molecule has 1 N–H and O–H groups in total. The van der Waals surface area contributed by atoms with Crippen LogP contribution in [0.4, 0.5) is 4.39 Å². The minimum atomic E-state index is -0.563. The summed E-state index contributed by atoms with van der Waals surface area (Å²) in [6, 6.07) is 5.56. The van der Waals surface area contributed by atoms with Gasteiger partial charge in [-0.25, -0.2) is 9.38 Å². The van der Waals surface area contributed by atoms with Crippen molar-refractivity contribution >= 4 is 29.0 Å². The van der Waals surface area contributed by atoms with Gasteiger partial charge in [-0.3, -0.25) is 4.79 Å². The quantitative estimate of drug-likeness (QED) is 0.687. The first-order chi connectivity index (χ1) is 9.52. The number of nitrogens with one attached hydrogen (secondary N) is 1. The number of hydrogen-bond donors (Lipinski definition) is 1. The predicted octanol–water partition coefficient (Wildman–Crippen LogP) is 2.40. The Morgan fingerprint density at radius 2 is 2.10 bits per heavy atom. The Bertz CT molecular complexity index is 557. The molecular formula is C14H15FN2O2S. The van der Waals surface area contributed by atoms with Crippen LogP contribution in [-0.4, -0.2) is 23.4 Å². The van der Waals surface area contributed by atoms with Crippen molar-refractivity contribution in [1.82, 2.24) is 5.32 Å². The summed E-state index contributed by atoms with van der Waals surface area (Å²) in [5.41, 5.74) is 1.36. The molecule has 0 saturated heterocycles. The summed E-state index contributed by atoms with van der Waals surface area (Å²) in [6.45, 7) is 3.78. The van der Waals surface area contributed by atoms with Crippen molar-refractivity contribution < 1.29 is 13.9 Å². The van der Waals surface area contributed by atoms with Gasteiger partial charge in [0.15, 0.2) is 5.11 Å². The van der Waals surface area contributed by atoms with Crippen LogP contribution in [0, 0.1) is 11.7 Å². The van der Waals surface area contributed by atoms with E-state index in [2.05, 4.69) is 10.3 Å². The molecule has 1 aliphatic heterocycles. The minimum absolute atomic E-state index is 0.295. The maximum absolute atomic E-state index is 13.0. The van der Waals surface area contributed by atoms with Gasteiger partial charge in [0, 0.05) is 5.71 Å². The number of benzene rings is 1. The second-order valence-corrected chi connectivity index (χ2v) is 4.85. The molecule has 2 unspecified atom stereocenters. The minimum Gasteiger partial charge on any atom is -0.465 e. The highest BCUT2D eigenvalue weighted by Gasteiger charge is 2.36. The lowest BCUT2D eigenvalue weighted by Crippen LogP contribution is -2.44. The number of aliphatic imine (C=N–C) groups is 1. The van der Waals surface area contributed by atoms with Crippen LogP contribution in [0.15, 0.2) is 29.3 Å². The molecule has 4 nitrogen and oxygen atoms in total. The molecule has 0 bridgehead atoms. The maximum atomic E-state index is 13.0.